The van der Waals surface area contributed by atoms with E-state index in [9.17, 15) is 4.79 Å². The van der Waals surface area contributed by atoms with Crippen LogP contribution in [0.25, 0.3) is 5.69 Å². The lowest BCUT2D eigenvalue weighted by molar-refractivity contribution is 0.0742. The minimum absolute atomic E-state index is 0.0695. The minimum atomic E-state index is 0.0695. The Morgan fingerprint density at radius 1 is 1.36 bits per heavy atom. The summed E-state index contributed by atoms with van der Waals surface area (Å²) >= 11 is 6.29. The number of halogens is 1. The van der Waals surface area contributed by atoms with Crippen LogP contribution in [0.3, 0.4) is 0 Å². The summed E-state index contributed by atoms with van der Waals surface area (Å²) in [5.74, 6) is 0.483. The number of nitrogens with zero attached hydrogens (tertiary/aromatic N) is 3. The highest BCUT2D eigenvalue weighted by atomic mass is 35.5. The van der Waals surface area contributed by atoms with Crippen LogP contribution in [0.5, 0.6) is 0 Å². The molecular weight excluding hydrogens is 336 g/mol. The Morgan fingerprint density at radius 2 is 2.16 bits per heavy atom. The maximum atomic E-state index is 13.1. The third kappa shape index (κ3) is 3.07. The van der Waals surface area contributed by atoms with Crippen molar-refractivity contribution in [2.75, 3.05) is 20.1 Å². The first kappa shape index (κ1) is 16.6. The normalized spacial score (nSPS) is 20.0. The van der Waals surface area contributed by atoms with Crippen molar-refractivity contribution in [1.82, 2.24) is 20.0 Å². The number of carbonyl (C=O) groups excluding carboxylic acids is 1. The van der Waals surface area contributed by atoms with Gasteiger partial charge in [-0.05, 0) is 50.4 Å². The van der Waals surface area contributed by atoms with Gasteiger partial charge in [0.25, 0.3) is 5.91 Å². The molecule has 1 aliphatic carbocycles. The van der Waals surface area contributed by atoms with Crippen molar-refractivity contribution >= 4 is 17.5 Å². The molecule has 2 heterocycles. The second-order valence-corrected chi connectivity index (χ2v) is 7.53. The van der Waals surface area contributed by atoms with Crippen molar-refractivity contribution in [3.63, 3.8) is 0 Å². The molecule has 4 rings (SSSR count). The summed E-state index contributed by atoms with van der Waals surface area (Å²) < 4.78 is 1.90. The number of hydrogen-bond acceptors (Lipinski definition) is 3. The summed E-state index contributed by atoms with van der Waals surface area (Å²) in [4.78, 5) is 14.9. The molecule has 1 saturated heterocycles. The van der Waals surface area contributed by atoms with Gasteiger partial charge in [0, 0.05) is 30.6 Å². The van der Waals surface area contributed by atoms with Gasteiger partial charge < -0.3 is 10.2 Å². The molecule has 0 bridgehead atoms. The summed E-state index contributed by atoms with van der Waals surface area (Å²) in [7, 11) is 1.90. The van der Waals surface area contributed by atoms with Crippen LogP contribution < -0.4 is 5.32 Å². The lowest BCUT2D eigenvalue weighted by Crippen LogP contribution is -2.38. The van der Waals surface area contributed by atoms with E-state index in [1.54, 1.807) is 6.20 Å². The predicted octanol–water partition coefficient (Wildman–Crippen LogP) is 3.15. The van der Waals surface area contributed by atoms with Crippen molar-refractivity contribution < 1.29 is 4.79 Å². The van der Waals surface area contributed by atoms with Crippen LogP contribution in [0.2, 0.25) is 5.02 Å². The van der Waals surface area contributed by atoms with E-state index >= 15 is 0 Å². The Labute approximate surface area is 153 Å². The number of benzene rings is 1. The smallest absolute Gasteiger partial charge is 0.257 e. The number of likely N-dealkylation sites (N-methyl/N-ethyl adjacent to an activating group) is 1. The van der Waals surface area contributed by atoms with Crippen LogP contribution in [-0.2, 0) is 0 Å². The van der Waals surface area contributed by atoms with Crippen molar-refractivity contribution in [3.8, 4) is 5.69 Å². The molecule has 6 heteroatoms. The van der Waals surface area contributed by atoms with E-state index in [-0.39, 0.29) is 11.9 Å². The van der Waals surface area contributed by atoms with Crippen LogP contribution in [0.15, 0.2) is 24.4 Å². The van der Waals surface area contributed by atoms with E-state index in [1.165, 1.54) is 0 Å². The molecule has 2 aromatic rings. The Balaban J connectivity index is 1.70. The second-order valence-electron chi connectivity index (χ2n) is 7.13. The summed E-state index contributed by atoms with van der Waals surface area (Å²) in [6, 6.07) is 6.19. The number of nitrogens with one attached hydrogen (secondary N) is 1. The van der Waals surface area contributed by atoms with Crippen LogP contribution in [0.4, 0.5) is 0 Å². The molecule has 25 heavy (non-hydrogen) atoms. The zero-order valence-electron chi connectivity index (χ0n) is 14.6. The molecule has 1 atom stereocenters. The fraction of sp³-hybridized carbons (Fsp3) is 0.474. The first-order chi connectivity index (χ1) is 12.1. The van der Waals surface area contributed by atoms with Crippen LogP contribution in [0, 0.1) is 6.92 Å². The number of aryl methyl sites for hydroxylation is 1. The van der Waals surface area contributed by atoms with Crippen LogP contribution >= 0.6 is 11.6 Å². The van der Waals surface area contributed by atoms with Crippen molar-refractivity contribution in [2.45, 2.75) is 38.1 Å². The molecule has 132 valence electrons. The molecule has 2 fully saturated rings. The van der Waals surface area contributed by atoms with E-state index in [4.69, 9.17) is 11.6 Å². The summed E-state index contributed by atoms with van der Waals surface area (Å²) in [5.41, 5.74) is 3.72. The molecule has 1 aromatic carbocycles. The minimum Gasteiger partial charge on any atom is -0.337 e. The SMILES string of the molecule is Cc1ccc(-n2ncc(C(=O)N(C)C3CCNC3)c2C2CC2)cc1Cl. The molecule has 1 N–H and O–H groups in total. The zero-order chi connectivity index (χ0) is 17.6. The highest BCUT2D eigenvalue weighted by molar-refractivity contribution is 6.31. The van der Waals surface area contributed by atoms with E-state index in [0.717, 1.165) is 59.9 Å². The second kappa shape index (κ2) is 6.46. The molecule has 0 spiro atoms. The molecule has 2 aliphatic rings. The van der Waals surface area contributed by atoms with E-state index < -0.39 is 0 Å². The van der Waals surface area contributed by atoms with Crippen LogP contribution in [0.1, 0.15) is 46.8 Å². The standard InChI is InChI=1S/C19H23ClN4O/c1-12-3-6-14(9-17(12)20)24-18(13-4-5-13)16(11-22-24)19(25)23(2)15-7-8-21-10-15/h3,6,9,11,13,15,21H,4-5,7-8,10H2,1-2H3. The molecule has 5 nitrogen and oxygen atoms in total. The fourth-order valence-electron chi connectivity index (χ4n) is 3.52. The summed E-state index contributed by atoms with van der Waals surface area (Å²) in [5, 5.41) is 8.59. The third-order valence-corrected chi connectivity index (χ3v) is 5.71. The van der Waals surface area contributed by atoms with Gasteiger partial charge >= 0.3 is 0 Å². The number of aromatic nitrogens is 2. The Morgan fingerprint density at radius 3 is 2.80 bits per heavy atom. The quantitative estimate of drug-likeness (QED) is 0.913. The number of carbonyl (C=O) groups is 1. The van der Waals surface area contributed by atoms with E-state index in [2.05, 4.69) is 10.4 Å². The third-order valence-electron chi connectivity index (χ3n) is 5.30. The Hall–Kier alpha value is -1.85. The molecule has 1 amide bonds. The number of hydrogen-bond donors (Lipinski definition) is 1. The molecule has 1 saturated carbocycles. The Kier molecular flexibility index (Phi) is 4.29. The molecule has 1 unspecified atom stereocenters. The lowest BCUT2D eigenvalue weighted by atomic mass is 10.1. The largest absolute Gasteiger partial charge is 0.337 e. The van der Waals surface area contributed by atoms with Gasteiger partial charge in [-0.3, -0.25) is 4.79 Å². The van der Waals surface area contributed by atoms with E-state index in [1.807, 2.05) is 41.8 Å². The molecule has 1 aliphatic heterocycles. The maximum absolute atomic E-state index is 13.1. The highest BCUT2D eigenvalue weighted by Crippen LogP contribution is 2.43. The predicted molar refractivity (Wildman–Crippen MR) is 98.7 cm³/mol. The topological polar surface area (TPSA) is 50.2 Å². The lowest BCUT2D eigenvalue weighted by Gasteiger charge is -2.24. The highest BCUT2D eigenvalue weighted by Gasteiger charge is 2.35. The van der Waals surface area contributed by atoms with Gasteiger partial charge in [0.2, 0.25) is 0 Å². The Bertz CT molecular complexity index is 806. The van der Waals surface area contributed by atoms with Gasteiger partial charge in [0.05, 0.1) is 23.1 Å². The zero-order valence-corrected chi connectivity index (χ0v) is 15.4. The summed E-state index contributed by atoms with van der Waals surface area (Å²) in [6.45, 7) is 3.82. The number of amides is 1. The van der Waals surface area contributed by atoms with Crippen molar-refractivity contribution in [2.24, 2.45) is 0 Å². The first-order valence-corrected chi connectivity index (χ1v) is 9.26. The average molecular weight is 359 g/mol. The van der Waals surface area contributed by atoms with Crippen LogP contribution in [-0.4, -0.2) is 46.8 Å². The van der Waals surface area contributed by atoms with Gasteiger partial charge in [0.15, 0.2) is 0 Å². The van der Waals surface area contributed by atoms with Gasteiger partial charge in [-0.1, -0.05) is 17.7 Å². The van der Waals surface area contributed by atoms with Crippen molar-refractivity contribution in [3.05, 3.63) is 46.2 Å². The van der Waals surface area contributed by atoms with Gasteiger partial charge in [-0.2, -0.15) is 5.10 Å². The summed E-state index contributed by atoms with van der Waals surface area (Å²) in [6.07, 6.45) is 4.95. The van der Waals surface area contributed by atoms with Gasteiger partial charge in [0.1, 0.15) is 0 Å². The average Bonchev–Trinajstić information content (AvgIpc) is 3.13. The van der Waals surface area contributed by atoms with Gasteiger partial charge in [-0.25, -0.2) is 4.68 Å². The number of rotatable bonds is 4. The maximum Gasteiger partial charge on any atom is 0.257 e. The van der Waals surface area contributed by atoms with Crippen molar-refractivity contribution in [1.29, 1.82) is 0 Å². The van der Waals surface area contributed by atoms with E-state index in [0.29, 0.717) is 5.92 Å². The fourth-order valence-corrected chi connectivity index (χ4v) is 3.69. The van der Waals surface area contributed by atoms with Gasteiger partial charge in [-0.15, -0.1) is 0 Å². The monoisotopic (exact) mass is 358 g/mol. The molecule has 1 aromatic heterocycles. The molecule has 0 radical (unpaired) electrons. The molecular formula is C19H23ClN4O. The first-order valence-electron chi connectivity index (χ1n) is 8.88.